The summed E-state index contributed by atoms with van der Waals surface area (Å²) in [5.74, 6) is -0.367. The Hall–Kier alpha value is -3.33. The van der Waals surface area contributed by atoms with E-state index in [-0.39, 0.29) is 18.0 Å². The lowest BCUT2D eigenvalue weighted by molar-refractivity contribution is -0.112. The van der Waals surface area contributed by atoms with Crippen molar-refractivity contribution in [3.8, 4) is 11.8 Å². The fraction of sp³-hybridized carbons (Fsp3) is 0.0435. The second-order valence-electron chi connectivity index (χ2n) is 6.20. The molecule has 30 heavy (non-hydrogen) atoms. The van der Waals surface area contributed by atoms with E-state index in [9.17, 15) is 14.4 Å². The molecule has 150 valence electrons. The van der Waals surface area contributed by atoms with Gasteiger partial charge in [-0.25, -0.2) is 4.39 Å². The van der Waals surface area contributed by atoms with E-state index < -0.39 is 5.91 Å². The summed E-state index contributed by atoms with van der Waals surface area (Å²) in [5.41, 5.74) is 1.43. The molecule has 0 bridgehead atoms. The Kier molecular flexibility index (Phi) is 7.08. The second-order valence-corrected chi connectivity index (χ2v) is 7.02. The smallest absolute Gasteiger partial charge is 0.266 e. The summed E-state index contributed by atoms with van der Waals surface area (Å²) in [7, 11) is 0. The molecular formula is C23H15Cl2FN2O2. The molecule has 1 N–H and O–H groups in total. The Labute approximate surface area is 183 Å². The number of ether oxygens (including phenoxy) is 1. The van der Waals surface area contributed by atoms with Crippen LogP contribution in [-0.2, 0) is 11.4 Å². The van der Waals surface area contributed by atoms with Crippen LogP contribution >= 0.6 is 23.2 Å². The molecule has 0 aromatic heterocycles. The number of carbonyl (C=O) groups excluding carboxylic acids is 1. The van der Waals surface area contributed by atoms with Gasteiger partial charge in [0.05, 0.1) is 10.0 Å². The third-order valence-electron chi connectivity index (χ3n) is 4.09. The SMILES string of the molecule is N#C/C(=C\c1ccc(OCc2ccccc2F)cc1)C(=O)Nc1ccc(Cl)c(Cl)c1. The average Bonchev–Trinajstić information content (AvgIpc) is 2.75. The molecular weight excluding hydrogens is 426 g/mol. The summed E-state index contributed by atoms with van der Waals surface area (Å²) in [5, 5.41) is 12.6. The first-order chi connectivity index (χ1) is 14.5. The molecule has 0 aliphatic heterocycles. The molecule has 4 nitrogen and oxygen atoms in total. The van der Waals surface area contributed by atoms with Crippen molar-refractivity contribution < 1.29 is 13.9 Å². The molecule has 0 aliphatic rings. The molecule has 0 heterocycles. The number of hydrogen-bond donors (Lipinski definition) is 1. The van der Waals surface area contributed by atoms with Gasteiger partial charge in [-0.2, -0.15) is 5.26 Å². The summed E-state index contributed by atoms with van der Waals surface area (Å²) < 4.78 is 19.2. The predicted molar refractivity (Wildman–Crippen MR) is 116 cm³/mol. The number of nitriles is 1. The van der Waals surface area contributed by atoms with Crippen molar-refractivity contribution in [1.29, 1.82) is 5.26 Å². The first-order valence-electron chi connectivity index (χ1n) is 8.81. The largest absolute Gasteiger partial charge is 0.489 e. The molecule has 7 heteroatoms. The van der Waals surface area contributed by atoms with Crippen molar-refractivity contribution >= 4 is 40.9 Å². The Morgan fingerprint density at radius 3 is 2.47 bits per heavy atom. The molecule has 0 saturated heterocycles. The zero-order valence-corrected chi connectivity index (χ0v) is 17.0. The fourth-order valence-electron chi connectivity index (χ4n) is 2.52. The van der Waals surface area contributed by atoms with Crippen LogP contribution in [0.1, 0.15) is 11.1 Å². The molecule has 0 saturated carbocycles. The molecule has 0 fully saturated rings. The lowest BCUT2D eigenvalue weighted by Gasteiger charge is -2.08. The highest BCUT2D eigenvalue weighted by Gasteiger charge is 2.11. The Balaban J connectivity index is 1.66. The molecule has 3 rings (SSSR count). The maximum Gasteiger partial charge on any atom is 0.266 e. The van der Waals surface area contributed by atoms with Gasteiger partial charge in [0.1, 0.15) is 29.8 Å². The van der Waals surface area contributed by atoms with Gasteiger partial charge < -0.3 is 10.1 Å². The minimum atomic E-state index is -0.573. The zero-order chi connectivity index (χ0) is 21.5. The van der Waals surface area contributed by atoms with Gasteiger partial charge in [-0.05, 0) is 48.0 Å². The van der Waals surface area contributed by atoms with Crippen molar-refractivity contribution in [2.24, 2.45) is 0 Å². The normalized spacial score (nSPS) is 10.9. The van der Waals surface area contributed by atoms with E-state index in [1.807, 2.05) is 6.07 Å². The van der Waals surface area contributed by atoms with Crippen LogP contribution in [0.5, 0.6) is 5.75 Å². The van der Waals surface area contributed by atoms with E-state index in [4.69, 9.17) is 27.9 Å². The average molecular weight is 441 g/mol. The minimum absolute atomic E-state index is 0.0823. The third kappa shape index (κ3) is 5.60. The van der Waals surface area contributed by atoms with Crippen molar-refractivity contribution in [2.75, 3.05) is 5.32 Å². The van der Waals surface area contributed by atoms with Crippen molar-refractivity contribution in [2.45, 2.75) is 6.61 Å². The topological polar surface area (TPSA) is 62.1 Å². The molecule has 1 amide bonds. The van der Waals surface area contributed by atoms with Crippen molar-refractivity contribution in [1.82, 2.24) is 0 Å². The number of halogens is 3. The number of carbonyl (C=O) groups is 1. The van der Waals surface area contributed by atoms with Gasteiger partial charge in [0.2, 0.25) is 0 Å². The molecule has 0 atom stereocenters. The van der Waals surface area contributed by atoms with Gasteiger partial charge in [-0.3, -0.25) is 4.79 Å². The summed E-state index contributed by atoms with van der Waals surface area (Å²) in [6, 6.07) is 19.6. The number of hydrogen-bond acceptors (Lipinski definition) is 3. The Bertz CT molecular complexity index is 1140. The van der Waals surface area contributed by atoms with Gasteiger partial charge in [0.15, 0.2) is 0 Å². The second kappa shape index (κ2) is 9.93. The van der Waals surface area contributed by atoms with Crippen LogP contribution in [0.15, 0.2) is 72.3 Å². The van der Waals surface area contributed by atoms with Gasteiger partial charge in [0.25, 0.3) is 5.91 Å². The van der Waals surface area contributed by atoms with Crippen LogP contribution in [0.2, 0.25) is 10.0 Å². The van der Waals surface area contributed by atoms with E-state index in [2.05, 4.69) is 5.32 Å². The highest BCUT2D eigenvalue weighted by molar-refractivity contribution is 6.42. The molecule has 0 radical (unpaired) electrons. The van der Waals surface area contributed by atoms with E-state index in [0.717, 1.165) is 0 Å². The van der Waals surface area contributed by atoms with E-state index in [1.54, 1.807) is 54.6 Å². The first-order valence-corrected chi connectivity index (χ1v) is 9.56. The fourth-order valence-corrected chi connectivity index (χ4v) is 2.82. The van der Waals surface area contributed by atoms with Crippen molar-refractivity contribution in [3.05, 3.63) is 99.3 Å². The Morgan fingerprint density at radius 2 is 1.80 bits per heavy atom. The van der Waals surface area contributed by atoms with Gasteiger partial charge in [-0.1, -0.05) is 53.5 Å². The molecule has 0 unspecified atom stereocenters. The quantitative estimate of drug-likeness (QED) is 0.363. The lowest BCUT2D eigenvalue weighted by atomic mass is 10.1. The van der Waals surface area contributed by atoms with Crippen LogP contribution < -0.4 is 10.1 Å². The monoisotopic (exact) mass is 440 g/mol. The molecule has 0 spiro atoms. The number of nitrogens with one attached hydrogen (secondary N) is 1. The summed E-state index contributed by atoms with van der Waals surface area (Å²) in [6.07, 6.45) is 1.45. The standard InChI is InChI=1S/C23H15Cl2FN2O2/c24-20-10-7-18(12-21(20)25)28-23(29)17(13-27)11-15-5-8-19(9-6-15)30-14-16-3-1-2-4-22(16)26/h1-12H,14H2,(H,28,29)/b17-11+. The number of rotatable bonds is 6. The van der Waals surface area contributed by atoms with Crippen LogP contribution in [0.4, 0.5) is 10.1 Å². The predicted octanol–water partition coefficient (Wildman–Crippen LogP) is 6.26. The third-order valence-corrected chi connectivity index (χ3v) is 4.82. The highest BCUT2D eigenvalue weighted by Crippen LogP contribution is 2.25. The van der Waals surface area contributed by atoms with Gasteiger partial charge in [-0.15, -0.1) is 0 Å². The summed E-state index contributed by atoms with van der Waals surface area (Å²) in [4.78, 5) is 12.4. The number of amides is 1. The maximum absolute atomic E-state index is 13.6. The van der Waals surface area contributed by atoms with E-state index in [0.29, 0.717) is 32.6 Å². The zero-order valence-electron chi connectivity index (χ0n) is 15.5. The lowest BCUT2D eigenvalue weighted by Crippen LogP contribution is -2.13. The summed E-state index contributed by atoms with van der Waals surface area (Å²) >= 11 is 11.8. The molecule has 0 aliphatic carbocycles. The maximum atomic E-state index is 13.6. The van der Waals surface area contributed by atoms with Crippen LogP contribution in [0.3, 0.4) is 0 Å². The highest BCUT2D eigenvalue weighted by atomic mass is 35.5. The molecule has 3 aromatic carbocycles. The van der Waals surface area contributed by atoms with E-state index >= 15 is 0 Å². The molecule has 3 aromatic rings. The van der Waals surface area contributed by atoms with Gasteiger partial charge in [0, 0.05) is 11.3 Å². The van der Waals surface area contributed by atoms with Crippen LogP contribution in [-0.4, -0.2) is 5.91 Å². The van der Waals surface area contributed by atoms with Crippen LogP contribution in [0, 0.1) is 17.1 Å². The number of benzene rings is 3. The first kappa shape index (κ1) is 21.4. The Morgan fingerprint density at radius 1 is 1.07 bits per heavy atom. The number of nitrogens with zero attached hydrogens (tertiary/aromatic N) is 1. The van der Waals surface area contributed by atoms with Crippen molar-refractivity contribution in [3.63, 3.8) is 0 Å². The van der Waals surface area contributed by atoms with E-state index in [1.165, 1.54) is 18.2 Å². The minimum Gasteiger partial charge on any atom is -0.489 e. The number of anilines is 1. The van der Waals surface area contributed by atoms with Crippen LogP contribution in [0.25, 0.3) is 6.08 Å². The van der Waals surface area contributed by atoms with Gasteiger partial charge >= 0.3 is 0 Å². The summed E-state index contributed by atoms with van der Waals surface area (Å²) in [6.45, 7) is 0.0946.